The molecule has 122 valence electrons. The molecule has 0 radical (unpaired) electrons. The average Bonchev–Trinajstić information content (AvgIpc) is 3.14. The summed E-state index contributed by atoms with van der Waals surface area (Å²) in [5.41, 5.74) is 4.04. The third-order valence-electron chi connectivity index (χ3n) is 4.18. The van der Waals surface area contributed by atoms with Crippen LogP contribution >= 0.6 is 11.3 Å². The van der Waals surface area contributed by atoms with Crippen molar-refractivity contribution < 1.29 is 4.79 Å². The fourth-order valence-corrected chi connectivity index (χ4v) is 3.39. The highest BCUT2D eigenvalue weighted by Gasteiger charge is 2.28. The van der Waals surface area contributed by atoms with Gasteiger partial charge in [-0.15, -0.1) is 0 Å². The Hall–Kier alpha value is -2.47. The summed E-state index contributed by atoms with van der Waals surface area (Å²) in [7, 11) is 0. The Balaban J connectivity index is 1.46. The maximum atomic E-state index is 12.0. The molecule has 0 bridgehead atoms. The van der Waals surface area contributed by atoms with Crippen LogP contribution in [0.5, 0.6) is 0 Å². The van der Waals surface area contributed by atoms with Gasteiger partial charge in [0.05, 0.1) is 12.2 Å². The van der Waals surface area contributed by atoms with Gasteiger partial charge in [-0.3, -0.25) is 14.5 Å². The molecule has 0 spiro atoms. The molecule has 0 unspecified atom stereocenters. The smallest absolute Gasteiger partial charge is 0.252 e. The molecule has 1 aliphatic carbocycles. The molecule has 5 nitrogen and oxygen atoms in total. The van der Waals surface area contributed by atoms with Gasteiger partial charge >= 0.3 is 0 Å². The lowest BCUT2D eigenvalue weighted by Crippen LogP contribution is -2.27. The fraction of sp³-hybridized carbons (Fsp3) is 0.278. The second-order valence-corrected chi connectivity index (χ2v) is 6.74. The zero-order chi connectivity index (χ0) is 16.4. The van der Waals surface area contributed by atoms with E-state index in [0.29, 0.717) is 19.0 Å². The van der Waals surface area contributed by atoms with Gasteiger partial charge in [0.25, 0.3) is 5.91 Å². The molecular formula is C18H18N4OS. The van der Waals surface area contributed by atoms with Gasteiger partial charge in [0.2, 0.25) is 0 Å². The monoisotopic (exact) mass is 338 g/mol. The van der Waals surface area contributed by atoms with Crippen molar-refractivity contribution in [2.24, 2.45) is 0 Å². The summed E-state index contributed by atoms with van der Waals surface area (Å²) in [4.78, 5) is 16.1. The number of carbonyl (C=O) groups is 1. The van der Waals surface area contributed by atoms with Crippen LogP contribution in [0.25, 0.3) is 11.3 Å². The number of nitrogens with one attached hydrogen (secondary N) is 1. The first-order valence-electron chi connectivity index (χ1n) is 8.10. The molecule has 24 heavy (non-hydrogen) atoms. The van der Waals surface area contributed by atoms with E-state index in [9.17, 15) is 4.79 Å². The highest BCUT2D eigenvalue weighted by atomic mass is 32.1. The van der Waals surface area contributed by atoms with E-state index in [4.69, 9.17) is 5.10 Å². The van der Waals surface area contributed by atoms with E-state index < -0.39 is 0 Å². The molecule has 0 atom stereocenters. The van der Waals surface area contributed by atoms with Gasteiger partial charge < -0.3 is 5.32 Å². The van der Waals surface area contributed by atoms with Crippen molar-refractivity contribution in [2.75, 3.05) is 6.54 Å². The number of hydrogen-bond acceptors (Lipinski definition) is 4. The second kappa shape index (κ2) is 6.57. The van der Waals surface area contributed by atoms with E-state index >= 15 is 0 Å². The highest BCUT2D eigenvalue weighted by molar-refractivity contribution is 7.08. The molecule has 6 heteroatoms. The summed E-state index contributed by atoms with van der Waals surface area (Å²) in [6.07, 6.45) is 6.02. The van der Waals surface area contributed by atoms with Crippen molar-refractivity contribution in [1.82, 2.24) is 20.1 Å². The summed E-state index contributed by atoms with van der Waals surface area (Å²) < 4.78 is 2.04. The quantitative estimate of drug-likeness (QED) is 0.750. The largest absolute Gasteiger partial charge is 0.350 e. The number of pyridine rings is 1. The van der Waals surface area contributed by atoms with Gasteiger partial charge in [-0.25, -0.2) is 0 Å². The van der Waals surface area contributed by atoms with Crippen LogP contribution in [0.1, 0.15) is 34.8 Å². The average molecular weight is 338 g/mol. The van der Waals surface area contributed by atoms with E-state index in [0.717, 1.165) is 16.8 Å². The molecule has 3 aromatic rings. The first-order chi connectivity index (χ1) is 11.8. The van der Waals surface area contributed by atoms with Crippen LogP contribution in [-0.2, 0) is 6.54 Å². The SMILES string of the molecule is O=C(NCCn1nc(-c2ccncc2)cc1C1CC1)c1ccsc1. The van der Waals surface area contributed by atoms with Crippen LogP contribution < -0.4 is 5.32 Å². The summed E-state index contributed by atoms with van der Waals surface area (Å²) in [6, 6.07) is 7.96. The molecule has 1 saturated carbocycles. The first kappa shape index (κ1) is 15.1. The molecule has 0 aliphatic heterocycles. The maximum absolute atomic E-state index is 12.0. The summed E-state index contributed by atoms with van der Waals surface area (Å²) in [6.45, 7) is 1.26. The Labute approximate surface area is 144 Å². The van der Waals surface area contributed by atoms with Crippen molar-refractivity contribution in [3.8, 4) is 11.3 Å². The Morgan fingerprint density at radius 1 is 1.29 bits per heavy atom. The lowest BCUT2D eigenvalue weighted by molar-refractivity contribution is 0.0952. The zero-order valence-electron chi connectivity index (χ0n) is 13.2. The zero-order valence-corrected chi connectivity index (χ0v) is 14.0. The van der Waals surface area contributed by atoms with Crippen molar-refractivity contribution in [3.63, 3.8) is 0 Å². The molecule has 1 amide bonds. The van der Waals surface area contributed by atoms with Crippen molar-refractivity contribution in [1.29, 1.82) is 0 Å². The van der Waals surface area contributed by atoms with Crippen molar-refractivity contribution in [3.05, 3.63) is 58.7 Å². The molecule has 1 N–H and O–H groups in total. The van der Waals surface area contributed by atoms with Crippen LogP contribution in [0.15, 0.2) is 47.4 Å². The van der Waals surface area contributed by atoms with Crippen LogP contribution in [-0.4, -0.2) is 27.2 Å². The Morgan fingerprint density at radius 2 is 2.12 bits per heavy atom. The minimum atomic E-state index is -0.0225. The van der Waals surface area contributed by atoms with Crippen LogP contribution in [0.2, 0.25) is 0 Å². The van der Waals surface area contributed by atoms with E-state index in [1.54, 1.807) is 12.4 Å². The fourth-order valence-electron chi connectivity index (χ4n) is 2.75. The minimum Gasteiger partial charge on any atom is -0.350 e. The minimum absolute atomic E-state index is 0.0225. The van der Waals surface area contributed by atoms with Gasteiger partial charge in [-0.1, -0.05) is 0 Å². The molecular weight excluding hydrogens is 320 g/mol. The van der Waals surface area contributed by atoms with Crippen LogP contribution in [0.3, 0.4) is 0 Å². The molecule has 0 aromatic carbocycles. The number of thiophene rings is 1. The number of hydrogen-bond donors (Lipinski definition) is 1. The standard InChI is InChI=1S/C18H18N4OS/c23-18(15-5-10-24-12-15)20-8-9-22-17(14-1-2-14)11-16(21-22)13-3-6-19-7-4-13/h3-7,10-12,14H,1-2,8-9H2,(H,20,23). The normalized spacial score (nSPS) is 13.8. The number of aromatic nitrogens is 3. The molecule has 3 heterocycles. The number of rotatable bonds is 6. The Bertz CT molecular complexity index is 822. The molecule has 4 rings (SSSR count). The number of nitrogens with zero attached hydrogens (tertiary/aromatic N) is 3. The van der Waals surface area contributed by atoms with Gasteiger partial charge in [0, 0.05) is 47.1 Å². The van der Waals surface area contributed by atoms with Gasteiger partial charge in [0.15, 0.2) is 0 Å². The topological polar surface area (TPSA) is 59.8 Å². The van der Waals surface area contributed by atoms with E-state index in [1.165, 1.54) is 29.9 Å². The predicted molar refractivity (Wildman–Crippen MR) is 94.1 cm³/mol. The summed E-state index contributed by atoms with van der Waals surface area (Å²) >= 11 is 1.53. The Kier molecular flexibility index (Phi) is 4.13. The lowest BCUT2D eigenvalue weighted by atomic mass is 10.2. The van der Waals surface area contributed by atoms with Crippen molar-refractivity contribution in [2.45, 2.75) is 25.3 Å². The molecule has 0 saturated heterocycles. The first-order valence-corrected chi connectivity index (χ1v) is 9.04. The van der Waals surface area contributed by atoms with E-state index in [-0.39, 0.29) is 5.91 Å². The third kappa shape index (κ3) is 3.23. The molecule has 1 aliphatic rings. The highest BCUT2D eigenvalue weighted by Crippen LogP contribution is 2.41. The van der Waals surface area contributed by atoms with Gasteiger partial charge in [-0.2, -0.15) is 16.4 Å². The van der Waals surface area contributed by atoms with E-state index in [2.05, 4.69) is 16.4 Å². The lowest BCUT2D eigenvalue weighted by Gasteiger charge is -2.07. The number of amides is 1. The van der Waals surface area contributed by atoms with Crippen molar-refractivity contribution >= 4 is 17.2 Å². The third-order valence-corrected chi connectivity index (χ3v) is 4.86. The number of carbonyl (C=O) groups excluding carboxylic acids is 1. The van der Waals surface area contributed by atoms with Crippen LogP contribution in [0.4, 0.5) is 0 Å². The van der Waals surface area contributed by atoms with Crippen LogP contribution in [0, 0.1) is 0 Å². The molecule has 1 fully saturated rings. The second-order valence-electron chi connectivity index (χ2n) is 5.96. The maximum Gasteiger partial charge on any atom is 0.252 e. The van der Waals surface area contributed by atoms with Gasteiger partial charge in [-0.05, 0) is 42.5 Å². The summed E-state index contributed by atoms with van der Waals surface area (Å²) in [5, 5.41) is 11.5. The Morgan fingerprint density at radius 3 is 2.83 bits per heavy atom. The van der Waals surface area contributed by atoms with Gasteiger partial charge in [0.1, 0.15) is 0 Å². The predicted octanol–water partition coefficient (Wildman–Crippen LogP) is 3.31. The van der Waals surface area contributed by atoms with E-state index in [1.807, 2.05) is 33.6 Å². The molecule has 3 aromatic heterocycles. The summed E-state index contributed by atoms with van der Waals surface area (Å²) in [5.74, 6) is 0.589.